The third kappa shape index (κ3) is 3.26. The smallest absolute Gasteiger partial charge is 0.200 e. The predicted molar refractivity (Wildman–Crippen MR) is 83.6 cm³/mol. The van der Waals surface area contributed by atoms with Crippen LogP contribution in [0, 0.1) is 6.92 Å². The summed E-state index contributed by atoms with van der Waals surface area (Å²) in [6.07, 6.45) is 5.88. The number of aromatic nitrogens is 2. The summed E-state index contributed by atoms with van der Waals surface area (Å²) in [5.41, 5.74) is 2.53. The second kappa shape index (κ2) is 6.18. The molecule has 0 saturated carbocycles. The molecule has 0 amide bonds. The Morgan fingerprint density at radius 2 is 1.67 bits per heavy atom. The summed E-state index contributed by atoms with van der Waals surface area (Å²) in [6, 6.07) is 20.6. The van der Waals surface area contributed by atoms with E-state index in [-0.39, 0.29) is 0 Å². The summed E-state index contributed by atoms with van der Waals surface area (Å²) >= 11 is 0. The first kappa shape index (κ1) is 13.3. The van der Waals surface area contributed by atoms with E-state index in [0.29, 0.717) is 0 Å². The van der Waals surface area contributed by atoms with Gasteiger partial charge in [0.15, 0.2) is 18.2 Å². The molecule has 0 aliphatic heterocycles. The van der Waals surface area contributed by atoms with E-state index in [9.17, 15) is 0 Å². The SMILES string of the molecule is Cc1ccc(CN(c2ccccn2)[n+]2ccccc2)cc1. The van der Waals surface area contributed by atoms with Gasteiger partial charge < -0.3 is 0 Å². The van der Waals surface area contributed by atoms with Crippen molar-refractivity contribution in [3.63, 3.8) is 0 Å². The molecule has 1 aromatic carbocycles. The average molecular weight is 276 g/mol. The van der Waals surface area contributed by atoms with Crippen LogP contribution in [0.5, 0.6) is 0 Å². The van der Waals surface area contributed by atoms with Crippen LogP contribution < -0.4 is 9.69 Å². The first-order chi connectivity index (χ1) is 10.3. The Morgan fingerprint density at radius 3 is 2.33 bits per heavy atom. The Hall–Kier alpha value is -2.68. The fourth-order valence-corrected chi connectivity index (χ4v) is 2.20. The maximum Gasteiger partial charge on any atom is 0.200 e. The molecule has 3 heteroatoms. The number of aryl methyl sites for hydroxylation is 1. The number of anilines is 1. The van der Waals surface area contributed by atoms with E-state index >= 15 is 0 Å². The highest BCUT2D eigenvalue weighted by molar-refractivity contribution is 5.35. The van der Waals surface area contributed by atoms with Gasteiger partial charge in [-0.05, 0) is 24.6 Å². The van der Waals surface area contributed by atoms with Gasteiger partial charge in [-0.15, -0.1) is 5.01 Å². The van der Waals surface area contributed by atoms with Crippen LogP contribution in [0.25, 0.3) is 0 Å². The van der Waals surface area contributed by atoms with E-state index in [2.05, 4.69) is 45.9 Å². The van der Waals surface area contributed by atoms with Gasteiger partial charge in [-0.1, -0.05) is 46.6 Å². The fraction of sp³-hybridized carbons (Fsp3) is 0.111. The van der Waals surface area contributed by atoms with E-state index in [1.807, 2.05) is 55.0 Å². The minimum atomic E-state index is 0.770. The molecule has 3 nitrogen and oxygen atoms in total. The van der Waals surface area contributed by atoms with Crippen LogP contribution >= 0.6 is 0 Å². The van der Waals surface area contributed by atoms with Crippen molar-refractivity contribution < 1.29 is 4.68 Å². The monoisotopic (exact) mass is 276 g/mol. The Labute approximate surface area is 125 Å². The number of hydrogen-bond acceptors (Lipinski definition) is 2. The molecular formula is C18H18N3+. The van der Waals surface area contributed by atoms with Crippen LogP contribution in [0.4, 0.5) is 5.82 Å². The quantitative estimate of drug-likeness (QED) is 0.682. The first-order valence-corrected chi connectivity index (χ1v) is 7.03. The largest absolute Gasteiger partial charge is 0.234 e. The lowest BCUT2D eigenvalue weighted by Crippen LogP contribution is -2.53. The second-order valence-electron chi connectivity index (χ2n) is 4.99. The molecule has 0 radical (unpaired) electrons. The van der Waals surface area contributed by atoms with Crippen LogP contribution in [0.15, 0.2) is 79.3 Å². The molecule has 0 aliphatic carbocycles. The van der Waals surface area contributed by atoms with Gasteiger partial charge in [0.25, 0.3) is 0 Å². The summed E-state index contributed by atoms with van der Waals surface area (Å²) in [7, 11) is 0. The van der Waals surface area contributed by atoms with Crippen LogP contribution in [0.3, 0.4) is 0 Å². The molecule has 2 heterocycles. The van der Waals surface area contributed by atoms with E-state index < -0.39 is 0 Å². The van der Waals surface area contributed by atoms with Crippen molar-refractivity contribution in [3.05, 3.63) is 90.4 Å². The maximum absolute atomic E-state index is 4.47. The number of rotatable bonds is 4. The first-order valence-electron chi connectivity index (χ1n) is 7.03. The van der Waals surface area contributed by atoms with Gasteiger partial charge in [0.2, 0.25) is 0 Å². The molecule has 0 fully saturated rings. The van der Waals surface area contributed by atoms with Crippen molar-refractivity contribution in [2.24, 2.45) is 0 Å². The van der Waals surface area contributed by atoms with Crippen molar-refractivity contribution in [1.29, 1.82) is 0 Å². The minimum Gasteiger partial charge on any atom is -0.234 e. The molecule has 21 heavy (non-hydrogen) atoms. The number of pyridine rings is 2. The van der Waals surface area contributed by atoms with Gasteiger partial charge in [0.1, 0.15) is 6.54 Å². The topological polar surface area (TPSA) is 20.0 Å². The zero-order chi connectivity index (χ0) is 14.5. The van der Waals surface area contributed by atoms with Gasteiger partial charge in [-0.3, -0.25) is 0 Å². The molecule has 3 aromatic rings. The molecule has 0 aliphatic rings. The summed E-state index contributed by atoms with van der Waals surface area (Å²) in [6.45, 7) is 2.87. The third-order valence-electron chi connectivity index (χ3n) is 3.35. The van der Waals surface area contributed by atoms with E-state index in [1.165, 1.54) is 11.1 Å². The fourth-order valence-electron chi connectivity index (χ4n) is 2.20. The van der Waals surface area contributed by atoms with Crippen molar-refractivity contribution in [1.82, 2.24) is 4.98 Å². The van der Waals surface area contributed by atoms with Crippen LogP contribution in [-0.2, 0) is 6.54 Å². The Balaban J connectivity index is 1.95. The number of nitrogens with zero attached hydrogens (tertiary/aromatic N) is 3. The Bertz CT molecular complexity index is 639. The molecule has 0 unspecified atom stereocenters. The highest BCUT2D eigenvalue weighted by atomic mass is 15.6. The summed E-state index contributed by atoms with van der Waals surface area (Å²) in [4.78, 5) is 4.47. The summed E-state index contributed by atoms with van der Waals surface area (Å²) in [5.74, 6) is 0.925. The van der Waals surface area contributed by atoms with Crippen molar-refractivity contribution >= 4 is 5.82 Å². The third-order valence-corrected chi connectivity index (χ3v) is 3.35. The molecular weight excluding hydrogens is 258 g/mol. The summed E-state index contributed by atoms with van der Waals surface area (Å²) in [5, 5.41) is 2.14. The number of hydrogen-bond donors (Lipinski definition) is 0. The van der Waals surface area contributed by atoms with Crippen molar-refractivity contribution in [3.8, 4) is 0 Å². The van der Waals surface area contributed by atoms with Crippen LogP contribution in [-0.4, -0.2) is 4.98 Å². The Morgan fingerprint density at radius 1 is 0.905 bits per heavy atom. The van der Waals surface area contributed by atoms with E-state index in [0.717, 1.165) is 12.4 Å². The Kier molecular flexibility index (Phi) is 3.92. The van der Waals surface area contributed by atoms with Gasteiger partial charge in [-0.2, -0.15) is 0 Å². The molecule has 0 N–H and O–H groups in total. The van der Waals surface area contributed by atoms with Gasteiger partial charge in [0, 0.05) is 18.3 Å². The lowest BCUT2D eigenvalue weighted by molar-refractivity contribution is -0.686. The normalized spacial score (nSPS) is 10.3. The van der Waals surface area contributed by atoms with E-state index in [1.54, 1.807) is 0 Å². The van der Waals surface area contributed by atoms with Crippen LogP contribution in [0.2, 0.25) is 0 Å². The molecule has 0 bridgehead atoms. The van der Waals surface area contributed by atoms with E-state index in [4.69, 9.17) is 0 Å². The lowest BCUT2D eigenvalue weighted by Gasteiger charge is -2.16. The molecule has 3 rings (SSSR count). The van der Waals surface area contributed by atoms with Gasteiger partial charge in [0.05, 0.1) is 0 Å². The lowest BCUT2D eigenvalue weighted by atomic mass is 10.1. The van der Waals surface area contributed by atoms with Crippen molar-refractivity contribution in [2.45, 2.75) is 13.5 Å². The minimum absolute atomic E-state index is 0.770. The highest BCUT2D eigenvalue weighted by Crippen LogP contribution is 2.12. The molecule has 2 aromatic heterocycles. The summed E-state index contributed by atoms with van der Waals surface area (Å²) < 4.78 is 2.06. The number of benzene rings is 1. The molecule has 0 spiro atoms. The predicted octanol–water partition coefficient (Wildman–Crippen LogP) is 3.15. The standard InChI is InChI=1S/C18H18N3/c1-16-8-10-17(11-9-16)15-21(18-7-3-4-12-19-18)20-13-5-2-6-14-20/h2-14H,15H2,1H3/q+1. The molecule has 104 valence electrons. The zero-order valence-electron chi connectivity index (χ0n) is 12.1. The maximum atomic E-state index is 4.47. The van der Waals surface area contributed by atoms with Crippen LogP contribution in [0.1, 0.15) is 11.1 Å². The zero-order valence-corrected chi connectivity index (χ0v) is 12.1. The highest BCUT2D eigenvalue weighted by Gasteiger charge is 2.17. The average Bonchev–Trinajstić information content (AvgIpc) is 2.56. The molecule has 0 atom stereocenters. The second-order valence-corrected chi connectivity index (χ2v) is 4.99. The molecule has 0 saturated heterocycles. The van der Waals surface area contributed by atoms with Gasteiger partial charge >= 0.3 is 0 Å². The van der Waals surface area contributed by atoms with Crippen molar-refractivity contribution in [2.75, 3.05) is 5.01 Å². The van der Waals surface area contributed by atoms with Gasteiger partial charge in [-0.25, -0.2) is 4.98 Å².